The minimum absolute atomic E-state index is 0.127. The summed E-state index contributed by atoms with van der Waals surface area (Å²) in [5, 5.41) is 0. The standard InChI is InChI=1S/C16H24N2O2/c1-12(2)14-11-13(5-6-15(14)20-4)16(19)18-9-7-17(3)8-10-18/h5-6,11-12H,7-10H2,1-4H3. The van der Waals surface area contributed by atoms with E-state index in [0.717, 1.165) is 43.1 Å². The van der Waals surface area contributed by atoms with Crippen LogP contribution in [0.25, 0.3) is 0 Å². The molecule has 1 fully saturated rings. The lowest BCUT2D eigenvalue weighted by molar-refractivity contribution is 0.0664. The first-order chi connectivity index (χ1) is 9.52. The van der Waals surface area contributed by atoms with Gasteiger partial charge < -0.3 is 14.5 Å². The van der Waals surface area contributed by atoms with E-state index in [1.807, 2.05) is 23.1 Å². The number of hydrogen-bond donors (Lipinski definition) is 0. The Morgan fingerprint density at radius 1 is 1.20 bits per heavy atom. The molecular weight excluding hydrogens is 252 g/mol. The first-order valence-electron chi connectivity index (χ1n) is 7.18. The van der Waals surface area contributed by atoms with Gasteiger partial charge >= 0.3 is 0 Å². The highest BCUT2D eigenvalue weighted by molar-refractivity contribution is 5.94. The normalized spacial score (nSPS) is 16.6. The molecule has 0 bridgehead atoms. The van der Waals surface area contributed by atoms with Crippen molar-refractivity contribution >= 4 is 5.91 Å². The average Bonchev–Trinajstić information content (AvgIpc) is 2.46. The lowest BCUT2D eigenvalue weighted by Crippen LogP contribution is -2.47. The molecule has 110 valence electrons. The number of benzene rings is 1. The van der Waals surface area contributed by atoms with Crippen LogP contribution in [0.4, 0.5) is 0 Å². The van der Waals surface area contributed by atoms with Crippen LogP contribution in [0.1, 0.15) is 35.7 Å². The van der Waals surface area contributed by atoms with E-state index in [1.165, 1.54) is 0 Å². The predicted molar refractivity (Wildman–Crippen MR) is 80.5 cm³/mol. The van der Waals surface area contributed by atoms with Gasteiger partial charge in [0.15, 0.2) is 0 Å². The molecule has 0 atom stereocenters. The molecule has 1 heterocycles. The first kappa shape index (κ1) is 14.9. The fourth-order valence-corrected chi connectivity index (χ4v) is 2.51. The van der Waals surface area contributed by atoms with Crippen molar-refractivity contribution < 1.29 is 9.53 Å². The number of amides is 1. The van der Waals surface area contributed by atoms with Gasteiger partial charge in [0, 0.05) is 31.7 Å². The maximum atomic E-state index is 12.5. The Balaban J connectivity index is 2.20. The molecule has 4 nitrogen and oxygen atoms in total. The Kier molecular flexibility index (Phi) is 4.65. The fraction of sp³-hybridized carbons (Fsp3) is 0.562. The van der Waals surface area contributed by atoms with E-state index in [0.29, 0.717) is 5.92 Å². The van der Waals surface area contributed by atoms with Crippen LogP contribution < -0.4 is 4.74 Å². The smallest absolute Gasteiger partial charge is 0.253 e. The van der Waals surface area contributed by atoms with Crippen LogP contribution in [-0.2, 0) is 0 Å². The van der Waals surface area contributed by atoms with Gasteiger partial charge in [-0.2, -0.15) is 0 Å². The highest BCUT2D eigenvalue weighted by atomic mass is 16.5. The fourth-order valence-electron chi connectivity index (χ4n) is 2.51. The number of carbonyl (C=O) groups excluding carboxylic acids is 1. The summed E-state index contributed by atoms with van der Waals surface area (Å²) < 4.78 is 5.37. The van der Waals surface area contributed by atoms with Crippen LogP contribution in [0.2, 0.25) is 0 Å². The van der Waals surface area contributed by atoms with E-state index in [2.05, 4.69) is 25.8 Å². The van der Waals surface area contributed by atoms with Crippen LogP contribution in [0.5, 0.6) is 5.75 Å². The third-order valence-electron chi connectivity index (χ3n) is 3.89. The molecule has 20 heavy (non-hydrogen) atoms. The van der Waals surface area contributed by atoms with Gasteiger partial charge in [0.25, 0.3) is 5.91 Å². The zero-order valence-electron chi connectivity index (χ0n) is 12.8. The largest absolute Gasteiger partial charge is 0.496 e. The van der Waals surface area contributed by atoms with Gasteiger partial charge in [0.05, 0.1) is 7.11 Å². The molecule has 0 saturated carbocycles. The van der Waals surface area contributed by atoms with Crippen molar-refractivity contribution in [2.24, 2.45) is 0 Å². The number of hydrogen-bond acceptors (Lipinski definition) is 3. The van der Waals surface area contributed by atoms with Gasteiger partial charge in [0.1, 0.15) is 5.75 Å². The van der Waals surface area contributed by atoms with Crippen molar-refractivity contribution in [1.29, 1.82) is 0 Å². The number of likely N-dealkylation sites (N-methyl/N-ethyl adjacent to an activating group) is 1. The summed E-state index contributed by atoms with van der Waals surface area (Å²) in [6.45, 7) is 7.72. The van der Waals surface area contributed by atoms with Crippen molar-refractivity contribution in [2.45, 2.75) is 19.8 Å². The molecule has 0 aliphatic carbocycles. The Morgan fingerprint density at radius 3 is 2.40 bits per heavy atom. The minimum atomic E-state index is 0.127. The summed E-state index contributed by atoms with van der Waals surface area (Å²) in [6, 6.07) is 5.74. The number of carbonyl (C=O) groups is 1. The summed E-state index contributed by atoms with van der Waals surface area (Å²) in [4.78, 5) is 16.7. The summed E-state index contributed by atoms with van der Waals surface area (Å²) in [5.74, 6) is 1.32. The van der Waals surface area contributed by atoms with Crippen LogP contribution in [0.15, 0.2) is 18.2 Å². The van der Waals surface area contributed by atoms with Gasteiger partial charge in [-0.15, -0.1) is 0 Å². The molecule has 1 aromatic carbocycles. The predicted octanol–water partition coefficient (Wildman–Crippen LogP) is 2.21. The zero-order chi connectivity index (χ0) is 14.7. The molecule has 1 aromatic rings. The Hall–Kier alpha value is -1.55. The molecule has 0 aromatic heterocycles. The van der Waals surface area contributed by atoms with Crippen molar-refractivity contribution in [1.82, 2.24) is 9.80 Å². The maximum absolute atomic E-state index is 12.5. The molecule has 1 aliphatic rings. The van der Waals surface area contributed by atoms with Crippen LogP contribution >= 0.6 is 0 Å². The van der Waals surface area contributed by atoms with Crippen LogP contribution in [0.3, 0.4) is 0 Å². The number of nitrogens with zero attached hydrogens (tertiary/aromatic N) is 2. The van der Waals surface area contributed by atoms with E-state index in [9.17, 15) is 4.79 Å². The number of piperazine rings is 1. The summed E-state index contributed by atoms with van der Waals surface area (Å²) in [7, 11) is 3.76. The third-order valence-corrected chi connectivity index (χ3v) is 3.89. The van der Waals surface area contributed by atoms with Crippen molar-refractivity contribution in [3.8, 4) is 5.75 Å². The second kappa shape index (κ2) is 6.27. The number of rotatable bonds is 3. The molecule has 0 radical (unpaired) electrons. The Bertz CT molecular complexity index is 477. The van der Waals surface area contributed by atoms with Crippen molar-refractivity contribution in [3.05, 3.63) is 29.3 Å². The molecule has 4 heteroatoms. The number of methoxy groups -OCH3 is 1. The summed E-state index contributed by atoms with van der Waals surface area (Å²) in [6.07, 6.45) is 0. The summed E-state index contributed by atoms with van der Waals surface area (Å²) >= 11 is 0. The molecule has 2 rings (SSSR count). The molecule has 1 saturated heterocycles. The quantitative estimate of drug-likeness (QED) is 0.848. The lowest BCUT2D eigenvalue weighted by Gasteiger charge is -2.32. The first-order valence-corrected chi connectivity index (χ1v) is 7.18. The van der Waals surface area contributed by atoms with E-state index in [4.69, 9.17) is 4.74 Å². The van der Waals surface area contributed by atoms with Crippen LogP contribution in [-0.4, -0.2) is 56.0 Å². The van der Waals surface area contributed by atoms with Crippen LogP contribution in [0, 0.1) is 0 Å². The van der Waals surface area contributed by atoms with Crippen molar-refractivity contribution in [2.75, 3.05) is 40.3 Å². The second-order valence-corrected chi connectivity index (χ2v) is 5.71. The van der Waals surface area contributed by atoms with Gasteiger partial charge in [-0.25, -0.2) is 0 Å². The second-order valence-electron chi connectivity index (χ2n) is 5.71. The molecule has 0 spiro atoms. The topological polar surface area (TPSA) is 32.8 Å². The number of ether oxygens (including phenoxy) is 1. The Labute approximate surface area is 121 Å². The molecular formula is C16H24N2O2. The highest BCUT2D eigenvalue weighted by Crippen LogP contribution is 2.27. The van der Waals surface area contributed by atoms with Gasteiger partial charge in [0.2, 0.25) is 0 Å². The monoisotopic (exact) mass is 276 g/mol. The average molecular weight is 276 g/mol. The van der Waals surface area contributed by atoms with Gasteiger partial charge in [-0.3, -0.25) is 4.79 Å². The SMILES string of the molecule is COc1ccc(C(=O)N2CCN(C)CC2)cc1C(C)C. The Morgan fingerprint density at radius 2 is 1.85 bits per heavy atom. The molecule has 1 aliphatic heterocycles. The van der Waals surface area contributed by atoms with E-state index >= 15 is 0 Å². The van der Waals surface area contributed by atoms with E-state index in [1.54, 1.807) is 7.11 Å². The zero-order valence-corrected chi connectivity index (χ0v) is 12.8. The molecule has 0 N–H and O–H groups in total. The summed E-state index contributed by atoms with van der Waals surface area (Å²) in [5.41, 5.74) is 1.85. The molecule has 1 amide bonds. The third kappa shape index (κ3) is 3.12. The minimum Gasteiger partial charge on any atom is -0.496 e. The van der Waals surface area contributed by atoms with Crippen molar-refractivity contribution in [3.63, 3.8) is 0 Å². The van der Waals surface area contributed by atoms with E-state index in [-0.39, 0.29) is 5.91 Å². The lowest BCUT2D eigenvalue weighted by atomic mass is 9.99. The molecule has 0 unspecified atom stereocenters. The highest BCUT2D eigenvalue weighted by Gasteiger charge is 2.21. The maximum Gasteiger partial charge on any atom is 0.253 e. The van der Waals surface area contributed by atoms with E-state index < -0.39 is 0 Å². The van der Waals surface area contributed by atoms with Gasteiger partial charge in [-0.1, -0.05) is 13.8 Å². The van der Waals surface area contributed by atoms with Gasteiger partial charge in [-0.05, 0) is 36.7 Å².